The Bertz CT molecular complexity index is 543. The molecular weight excluding hydrogens is 288 g/mol. The van der Waals surface area contributed by atoms with Crippen molar-refractivity contribution in [1.82, 2.24) is 4.72 Å². The van der Waals surface area contributed by atoms with Gasteiger partial charge in [-0.15, -0.1) is 0 Å². The summed E-state index contributed by atoms with van der Waals surface area (Å²) in [6.07, 6.45) is 4.08. The maximum atomic E-state index is 11.9. The van der Waals surface area contributed by atoms with Crippen molar-refractivity contribution < 1.29 is 13.5 Å². The Morgan fingerprint density at radius 2 is 2.05 bits per heavy atom. The van der Waals surface area contributed by atoms with E-state index in [0.29, 0.717) is 17.5 Å². The molecule has 1 unspecified atom stereocenters. The van der Waals surface area contributed by atoms with Crippen LogP contribution in [0.25, 0.3) is 0 Å². The zero-order valence-electron chi connectivity index (χ0n) is 12.5. The number of anilines is 1. The minimum atomic E-state index is -3.38. The van der Waals surface area contributed by atoms with Crippen molar-refractivity contribution in [3.05, 3.63) is 24.3 Å². The van der Waals surface area contributed by atoms with Crippen LogP contribution in [0.5, 0.6) is 0 Å². The van der Waals surface area contributed by atoms with Gasteiger partial charge in [-0.3, -0.25) is 0 Å². The molecule has 5 nitrogen and oxygen atoms in total. The van der Waals surface area contributed by atoms with E-state index in [1.807, 2.05) is 12.1 Å². The van der Waals surface area contributed by atoms with E-state index >= 15 is 0 Å². The fraction of sp³-hybridized carbons (Fsp3) is 0.600. The first kappa shape index (κ1) is 16.3. The van der Waals surface area contributed by atoms with E-state index in [1.54, 1.807) is 19.1 Å². The molecule has 0 bridgehead atoms. The molecule has 1 atom stereocenters. The summed E-state index contributed by atoms with van der Waals surface area (Å²) in [5.74, 6) is 0. The van der Waals surface area contributed by atoms with Crippen molar-refractivity contribution in [2.75, 3.05) is 24.6 Å². The van der Waals surface area contributed by atoms with E-state index in [4.69, 9.17) is 5.11 Å². The zero-order valence-corrected chi connectivity index (χ0v) is 13.3. The number of sulfonamides is 1. The Hall–Kier alpha value is -1.11. The highest BCUT2D eigenvalue weighted by Gasteiger charge is 2.24. The van der Waals surface area contributed by atoms with Crippen LogP contribution in [-0.4, -0.2) is 39.3 Å². The summed E-state index contributed by atoms with van der Waals surface area (Å²) in [5, 5.41) is 8.97. The van der Waals surface area contributed by atoms with Crippen LogP contribution in [0.3, 0.4) is 0 Å². The minimum absolute atomic E-state index is 0.226. The standard InChI is InChI=1S/C15H24N2O3S/c1-2-16-21(19,20)15-9-7-14(8-10-15)17-11-3-5-13(17)6-4-12-18/h7-10,13,16,18H,2-6,11-12H2,1H3. The Balaban J connectivity index is 2.11. The van der Waals surface area contributed by atoms with Gasteiger partial charge >= 0.3 is 0 Å². The summed E-state index contributed by atoms with van der Waals surface area (Å²) in [5.41, 5.74) is 1.06. The lowest BCUT2D eigenvalue weighted by Crippen LogP contribution is -2.29. The first-order valence-corrected chi connectivity index (χ1v) is 9.04. The van der Waals surface area contributed by atoms with Crippen molar-refractivity contribution in [3.63, 3.8) is 0 Å². The topological polar surface area (TPSA) is 69.6 Å². The number of aliphatic hydroxyl groups excluding tert-OH is 1. The molecule has 0 aromatic heterocycles. The van der Waals surface area contributed by atoms with Gasteiger partial charge in [-0.2, -0.15) is 0 Å². The molecule has 2 N–H and O–H groups in total. The number of hydrogen-bond acceptors (Lipinski definition) is 4. The second-order valence-corrected chi connectivity index (χ2v) is 7.12. The maximum Gasteiger partial charge on any atom is 0.240 e. The first-order chi connectivity index (χ1) is 10.1. The van der Waals surface area contributed by atoms with Crippen LogP contribution in [0, 0.1) is 0 Å². The molecule has 1 fully saturated rings. The average molecular weight is 312 g/mol. The van der Waals surface area contributed by atoms with E-state index in [0.717, 1.165) is 37.9 Å². The molecule has 0 radical (unpaired) electrons. The summed E-state index contributed by atoms with van der Waals surface area (Å²) in [6.45, 7) is 3.38. The molecule has 1 aromatic carbocycles. The highest BCUT2D eigenvalue weighted by Crippen LogP contribution is 2.28. The third-order valence-corrected chi connectivity index (χ3v) is 5.45. The van der Waals surface area contributed by atoms with Crippen molar-refractivity contribution in [3.8, 4) is 0 Å². The quantitative estimate of drug-likeness (QED) is 0.804. The molecule has 1 heterocycles. The third kappa shape index (κ3) is 3.96. The number of rotatable bonds is 7. The van der Waals surface area contributed by atoms with Crippen LogP contribution < -0.4 is 9.62 Å². The molecule has 1 saturated heterocycles. The molecule has 21 heavy (non-hydrogen) atoms. The van der Waals surface area contributed by atoms with Crippen LogP contribution in [-0.2, 0) is 10.0 Å². The van der Waals surface area contributed by atoms with Gasteiger partial charge in [-0.25, -0.2) is 13.1 Å². The van der Waals surface area contributed by atoms with E-state index in [-0.39, 0.29) is 6.61 Å². The molecule has 0 amide bonds. The Labute approximate surface area is 127 Å². The van der Waals surface area contributed by atoms with E-state index in [2.05, 4.69) is 9.62 Å². The van der Waals surface area contributed by atoms with E-state index in [1.165, 1.54) is 0 Å². The normalized spacial score (nSPS) is 19.1. The fourth-order valence-electron chi connectivity index (χ4n) is 2.89. The van der Waals surface area contributed by atoms with Gasteiger partial charge in [-0.1, -0.05) is 6.92 Å². The molecular formula is C15H24N2O3S. The number of nitrogens with zero attached hydrogens (tertiary/aromatic N) is 1. The summed E-state index contributed by atoms with van der Waals surface area (Å²) < 4.78 is 26.3. The lowest BCUT2D eigenvalue weighted by atomic mass is 10.1. The third-order valence-electron chi connectivity index (χ3n) is 3.89. The molecule has 1 aliphatic rings. The number of hydrogen-bond donors (Lipinski definition) is 2. The molecule has 1 aromatic rings. The molecule has 0 spiro atoms. The Morgan fingerprint density at radius 1 is 1.33 bits per heavy atom. The molecule has 6 heteroatoms. The van der Waals surface area contributed by atoms with Crippen LogP contribution >= 0.6 is 0 Å². The lowest BCUT2D eigenvalue weighted by molar-refractivity contribution is 0.279. The monoisotopic (exact) mass is 312 g/mol. The van der Waals surface area contributed by atoms with Crippen LogP contribution in [0.4, 0.5) is 5.69 Å². The highest BCUT2D eigenvalue weighted by atomic mass is 32.2. The second-order valence-electron chi connectivity index (χ2n) is 5.35. The molecule has 1 aliphatic heterocycles. The van der Waals surface area contributed by atoms with Gasteiger partial charge in [0.25, 0.3) is 0 Å². The second kappa shape index (κ2) is 7.24. The molecule has 0 saturated carbocycles. The highest BCUT2D eigenvalue weighted by molar-refractivity contribution is 7.89. The first-order valence-electron chi connectivity index (χ1n) is 7.55. The summed E-state index contributed by atoms with van der Waals surface area (Å²) in [7, 11) is -3.38. The number of benzene rings is 1. The van der Waals surface area contributed by atoms with Gasteiger partial charge in [0, 0.05) is 31.4 Å². The summed E-state index contributed by atoms with van der Waals surface area (Å²) in [6, 6.07) is 7.53. The Morgan fingerprint density at radius 3 is 2.67 bits per heavy atom. The lowest BCUT2D eigenvalue weighted by Gasteiger charge is -2.27. The summed E-state index contributed by atoms with van der Waals surface area (Å²) >= 11 is 0. The molecule has 118 valence electrons. The summed E-state index contributed by atoms with van der Waals surface area (Å²) in [4.78, 5) is 2.62. The maximum absolute atomic E-state index is 11.9. The predicted molar refractivity (Wildman–Crippen MR) is 84.0 cm³/mol. The smallest absolute Gasteiger partial charge is 0.240 e. The molecule has 2 rings (SSSR count). The van der Waals surface area contributed by atoms with Crippen molar-refractivity contribution >= 4 is 15.7 Å². The van der Waals surface area contributed by atoms with Gasteiger partial charge in [0.05, 0.1) is 4.90 Å². The van der Waals surface area contributed by atoms with Gasteiger partial charge in [0.1, 0.15) is 0 Å². The predicted octanol–water partition coefficient (Wildman–Crippen LogP) is 1.73. The van der Waals surface area contributed by atoms with E-state index in [9.17, 15) is 8.42 Å². The van der Waals surface area contributed by atoms with E-state index < -0.39 is 10.0 Å². The van der Waals surface area contributed by atoms with Crippen LogP contribution in [0.2, 0.25) is 0 Å². The van der Waals surface area contributed by atoms with Gasteiger partial charge in [-0.05, 0) is 49.9 Å². The van der Waals surface area contributed by atoms with Gasteiger partial charge in [0.15, 0.2) is 0 Å². The van der Waals surface area contributed by atoms with Crippen molar-refractivity contribution in [2.24, 2.45) is 0 Å². The van der Waals surface area contributed by atoms with Crippen LogP contribution in [0.1, 0.15) is 32.6 Å². The zero-order chi connectivity index (χ0) is 15.3. The van der Waals surface area contributed by atoms with Gasteiger partial charge < -0.3 is 10.0 Å². The average Bonchev–Trinajstić information content (AvgIpc) is 2.93. The van der Waals surface area contributed by atoms with Crippen molar-refractivity contribution in [1.29, 1.82) is 0 Å². The van der Waals surface area contributed by atoms with Crippen LogP contribution in [0.15, 0.2) is 29.2 Å². The van der Waals surface area contributed by atoms with Gasteiger partial charge in [0.2, 0.25) is 10.0 Å². The Kier molecular flexibility index (Phi) is 5.61. The fourth-order valence-corrected chi connectivity index (χ4v) is 3.93. The minimum Gasteiger partial charge on any atom is -0.396 e. The van der Waals surface area contributed by atoms with Crippen molar-refractivity contribution in [2.45, 2.75) is 43.5 Å². The number of aliphatic hydroxyl groups is 1. The SMILES string of the molecule is CCNS(=O)(=O)c1ccc(N2CCCC2CCCO)cc1. The number of nitrogens with one attached hydrogen (secondary N) is 1. The largest absolute Gasteiger partial charge is 0.396 e. The molecule has 0 aliphatic carbocycles.